The summed E-state index contributed by atoms with van der Waals surface area (Å²) in [6, 6.07) is 68.5. The van der Waals surface area contributed by atoms with E-state index in [9.17, 15) is 0 Å². The van der Waals surface area contributed by atoms with Crippen molar-refractivity contribution in [2.45, 2.75) is 6.92 Å². The van der Waals surface area contributed by atoms with Gasteiger partial charge in [-0.3, -0.25) is 0 Å². The molecular weight excluding hydrogens is 695 g/mol. The van der Waals surface area contributed by atoms with E-state index in [0.717, 1.165) is 55.7 Å². The standard InChI is InChI=1S/C52H35N5/c1-34-28-30-41-40-22-11-13-25-44(40)57(48(41)32-34)46-31-29-37(39-24-15-27-47-49(39)42-23-12-14-26-45(42)56(47)38-20-9-4-10-21-38)33-43(46)52-54-50(35-16-5-2-6-17-35)53-51(55-52)36-18-7-3-8-19-36/h2-33H,1H3. The minimum absolute atomic E-state index is 0.608. The molecule has 0 aliphatic heterocycles. The maximum atomic E-state index is 5.30. The molecular formula is C52H35N5. The van der Waals surface area contributed by atoms with Gasteiger partial charge in [0.25, 0.3) is 0 Å². The summed E-state index contributed by atoms with van der Waals surface area (Å²) in [5.41, 5.74) is 12.9. The molecule has 11 rings (SSSR count). The summed E-state index contributed by atoms with van der Waals surface area (Å²) < 4.78 is 4.75. The fourth-order valence-corrected chi connectivity index (χ4v) is 8.46. The van der Waals surface area contributed by atoms with Crippen molar-refractivity contribution in [2.75, 3.05) is 0 Å². The van der Waals surface area contributed by atoms with E-state index >= 15 is 0 Å². The molecule has 268 valence electrons. The molecule has 5 heteroatoms. The molecule has 0 saturated heterocycles. The Balaban J connectivity index is 1.24. The van der Waals surface area contributed by atoms with Crippen LogP contribution >= 0.6 is 0 Å². The first kappa shape index (κ1) is 32.8. The minimum Gasteiger partial charge on any atom is -0.309 e. The average Bonchev–Trinajstić information content (AvgIpc) is 3.79. The number of para-hydroxylation sites is 3. The van der Waals surface area contributed by atoms with Crippen LogP contribution in [0.3, 0.4) is 0 Å². The molecule has 0 bridgehead atoms. The molecule has 57 heavy (non-hydrogen) atoms. The van der Waals surface area contributed by atoms with Gasteiger partial charge < -0.3 is 9.13 Å². The molecule has 3 heterocycles. The van der Waals surface area contributed by atoms with Crippen LogP contribution in [0.4, 0.5) is 0 Å². The van der Waals surface area contributed by atoms with E-state index in [2.05, 4.69) is 174 Å². The van der Waals surface area contributed by atoms with Crippen molar-refractivity contribution in [2.24, 2.45) is 0 Å². The second kappa shape index (κ2) is 13.3. The predicted octanol–water partition coefficient (Wildman–Crippen LogP) is 13.0. The fraction of sp³-hybridized carbons (Fsp3) is 0.0192. The molecule has 0 fully saturated rings. The van der Waals surface area contributed by atoms with Gasteiger partial charge in [-0.25, -0.2) is 15.0 Å². The summed E-state index contributed by atoms with van der Waals surface area (Å²) in [6.45, 7) is 2.16. The van der Waals surface area contributed by atoms with Gasteiger partial charge in [0, 0.05) is 43.9 Å². The number of aromatic nitrogens is 5. The average molecular weight is 730 g/mol. The molecule has 0 aliphatic carbocycles. The number of benzene rings is 8. The van der Waals surface area contributed by atoms with Crippen LogP contribution in [-0.4, -0.2) is 24.1 Å². The molecule has 0 aliphatic rings. The lowest BCUT2D eigenvalue weighted by Gasteiger charge is -2.17. The highest BCUT2D eigenvalue weighted by molar-refractivity contribution is 6.16. The Hall–Kier alpha value is -7.63. The molecule has 0 unspecified atom stereocenters. The third-order valence-electron chi connectivity index (χ3n) is 11.0. The molecule has 0 amide bonds. The fourth-order valence-electron chi connectivity index (χ4n) is 8.46. The highest BCUT2D eigenvalue weighted by atomic mass is 15.1. The van der Waals surface area contributed by atoms with E-state index in [0.29, 0.717) is 17.5 Å². The van der Waals surface area contributed by atoms with Gasteiger partial charge in [-0.1, -0.05) is 146 Å². The van der Waals surface area contributed by atoms with Crippen molar-refractivity contribution in [3.63, 3.8) is 0 Å². The van der Waals surface area contributed by atoms with Crippen LogP contribution < -0.4 is 0 Å². The largest absolute Gasteiger partial charge is 0.309 e. The van der Waals surface area contributed by atoms with Crippen LogP contribution in [-0.2, 0) is 0 Å². The highest BCUT2D eigenvalue weighted by Crippen LogP contribution is 2.42. The van der Waals surface area contributed by atoms with Gasteiger partial charge >= 0.3 is 0 Å². The van der Waals surface area contributed by atoms with Gasteiger partial charge in [-0.2, -0.15) is 0 Å². The SMILES string of the molecule is Cc1ccc2c3ccccc3n(-c3ccc(-c4cccc5c4c4ccccc4n5-c4ccccc4)cc3-c3nc(-c4ccccc4)nc(-c4ccccc4)n3)c2c1. The molecule has 0 radical (unpaired) electrons. The quantitative estimate of drug-likeness (QED) is 0.171. The summed E-state index contributed by atoms with van der Waals surface area (Å²) in [5, 5.41) is 4.81. The topological polar surface area (TPSA) is 48.5 Å². The summed E-state index contributed by atoms with van der Waals surface area (Å²) in [4.78, 5) is 15.7. The first-order valence-electron chi connectivity index (χ1n) is 19.3. The maximum absolute atomic E-state index is 5.30. The van der Waals surface area contributed by atoms with E-state index in [1.165, 1.54) is 32.6 Å². The number of hydrogen-bond donors (Lipinski definition) is 0. The van der Waals surface area contributed by atoms with Crippen LogP contribution in [0.2, 0.25) is 0 Å². The molecule has 3 aromatic heterocycles. The first-order valence-corrected chi connectivity index (χ1v) is 19.3. The molecule has 5 nitrogen and oxygen atoms in total. The van der Waals surface area contributed by atoms with Gasteiger partial charge in [-0.05, 0) is 72.1 Å². The Kier molecular flexibility index (Phi) is 7.64. The zero-order valence-corrected chi connectivity index (χ0v) is 31.2. The van der Waals surface area contributed by atoms with Crippen molar-refractivity contribution in [1.29, 1.82) is 0 Å². The zero-order valence-electron chi connectivity index (χ0n) is 31.2. The van der Waals surface area contributed by atoms with Crippen LogP contribution in [0.5, 0.6) is 0 Å². The number of rotatable bonds is 6. The number of aryl methyl sites for hydroxylation is 1. The normalized spacial score (nSPS) is 11.6. The smallest absolute Gasteiger partial charge is 0.166 e. The Morgan fingerprint density at radius 3 is 1.61 bits per heavy atom. The zero-order chi connectivity index (χ0) is 37.9. The van der Waals surface area contributed by atoms with Crippen LogP contribution in [0.1, 0.15) is 5.56 Å². The Labute approximate surface area is 329 Å². The van der Waals surface area contributed by atoms with E-state index in [1.54, 1.807) is 0 Å². The minimum atomic E-state index is 0.608. The lowest BCUT2D eigenvalue weighted by molar-refractivity contribution is 1.06. The Morgan fingerprint density at radius 2 is 0.912 bits per heavy atom. The molecule has 8 aromatic carbocycles. The molecule has 0 spiro atoms. The van der Waals surface area contributed by atoms with E-state index in [-0.39, 0.29) is 0 Å². The van der Waals surface area contributed by atoms with Crippen LogP contribution in [0.15, 0.2) is 194 Å². The summed E-state index contributed by atoms with van der Waals surface area (Å²) in [6.07, 6.45) is 0. The molecule has 0 atom stereocenters. The third-order valence-corrected chi connectivity index (χ3v) is 11.0. The second-order valence-corrected chi connectivity index (χ2v) is 14.5. The van der Waals surface area contributed by atoms with Crippen LogP contribution in [0.25, 0.3) is 100 Å². The van der Waals surface area contributed by atoms with Gasteiger partial charge in [0.2, 0.25) is 0 Å². The Morgan fingerprint density at radius 1 is 0.351 bits per heavy atom. The molecule has 0 N–H and O–H groups in total. The van der Waals surface area contributed by atoms with Gasteiger partial charge in [0.15, 0.2) is 17.5 Å². The van der Waals surface area contributed by atoms with Crippen molar-refractivity contribution >= 4 is 43.6 Å². The van der Waals surface area contributed by atoms with Crippen molar-refractivity contribution < 1.29 is 0 Å². The molecule has 11 aromatic rings. The lowest BCUT2D eigenvalue weighted by Crippen LogP contribution is -2.04. The van der Waals surface area contributed by atoms with Crippen molar-refractivity contribution in [1.82, 2.24) is 24.1 Å². The number of nitrogens with zero attached hydrogens (tertiary/aromatic N) is 5. The van der Waals surface area contributed by atoms with E-state index in [1.807, 2.05) is 36.4 Å². The lowest BCUT2D eigenvalue weighted by atomic mass is 9.96. The van der Waals surface area contributed by atoms with Gasteiger partial charge in [0.05, 0.1) is 27.8 Å². The number of fused-ring (bicyclic) bond motifs is 6. The van der Waals surface area contributed by atoms with Crippen LogP contribution in [0, 0.1) is 6.92 Å². The van der Waals surface area contributed by atoms with E-state index < -0.39 is 0 Å². The summed E-state index contributed by atoms with van der Waals surface area (Å²) in [7, 11) is 0. The molecule has 0 saturated carbocycles. The monoisotopic (exact) mass is 729 g/mol. The summed E-state index contributed by atoms with van der Waals surface area (Å²) in [5.74, 6) is 1.86. The summed E-state index contributed by atoms with van der Waals surface area (Å²) >= 11 is 0. The van der Waals surface area contributed by atoms with Crippen molar-refractivity contribution in [3.05, 3.63) is 200 Å². The number of hydrogen-bond acceptors (Lipinski definition) is 3. The van der Waals surface area contributed by atoms with Gasteiger partial charge in [-0.15, -0.1) is 0 Å². The highest BCUT2D eigenvalue weighted by Gasteiger charge is 2.22. The first-order chi connectivity index (χ1) is 28.2. The Bertz CT molecular complexity index is 3230. The second-order valence-electron chi connectivity index (χ2n) is 14.5. The maximum Gasteiger partial charge on any atom is 0.166 e. The predicted molar refractivity (Wildman–Crippen MR) is 235 cm³/mol. The van der Waals surface area contributed by atoms with Gasteiger partial charge in [0.1, 0.15) is 0 Å². The van der Waals surface area contributed by atoms with Crippen molar-refractivity contribution in [3.8, 4) is 56.7 Å². The third kappa shape index (κ3) is 5.43. The van der Waals surface area contributed by atoms with E-state index in [4.69, 9.17) is 15.0 Å².